The molecule has 196 valence electrons. The number of nitrogens with zero attached hydrogens (tertiary/aromatic N) is 1. The van der Waals surface area contributed by atoms with Crippen LogP contribution < -0.4 is 10.6 Å². The molecule has 1 fully saturated rings. The Morgan fingerprint density at radius 2 is 1.62 bits per heavy atom. The molecule has 9 heteroatoms. The molecule has 3 N–H and O–H groups in total. The Bertz CT molecular complexity index is 1250. The third-order valence-electron chi connectivity index (χ3n) is 6.21. The second-order valence-electron chi connectivity index (χ2n) is 9.04. The van der Waals surface area contributed by atoms with E-state index in [-0.39, 0.29) is 23.4 Å². The lowest BCUT2D eigenvalue weighted by Crippen LogP contribution is -2.46. The highest BCUT2D eigenvalue weighted by atomic mass is 32.2. The number of aliphatic hydroxyl groups excluding tert-OH is 1. The molecule has 3 aromatic carbocycles. The highest BCUT2D eigenvalue weighted by Gasteiger charge is 2.40. The van der Waals surface area contributed by atoms with E-state index in [2.05, 4.69) is 10.6 Å². The maximum Gasteiger partial charge on any atom is 0.249 e. The van der Waals surface area contributed by atoms with Gasteiger partial charge in [0, 0.05) is 18.8 Å². The van der Waals surface area contributed by atoms with Crippen LogP contribution in [0.4, 0.5) is 0 Å². The summed E-state index contributed by atoms with van der Waals surface area (Å²) in [5.41, 5.74) is 2.89. The smallest absolute Gasteiger partial charge is 0.249 e. The van der Waals surface area contributed by atoms with Crippen LogP contribution in [0.2, 0.25) is 0 Å². The van der Waals surface area contributed by atoms with Gasteiger partial charge in [-0.3, -0.25) is 4.79 Å². The number of carbonyl (C=O) groups is 1. The lowest BCUT2D eigenvalue weighted by molar-refractivity contribution is -0.122. The van der Waals surface area contributed by atoms with E-state index in [9.17, 15) is 18.3 Å². The lowest BCUT2D eigenvalue weighted by Gasteiger charge is -2.26. The maximum absolute atomic E-state index is 13.5. The molecule has 0 bridgehead atoms. The number of sulfonamides is 1. The Morgan fingerprint density at radius 3 is 2.27 bits per heavy atom. The molecule has 3 aromatic rings. The molecule has 1 aliphatic heterocycles. The molecule has 0 spiro atoms. The maximum atomic E-state index is 13.5. The van der Waals surface area contributed by atoms with Crippen LogP contribution in [0.15, 0.2) is 89.8 Å². The summed E-state index contributed by atoms with van der Waals surface area (Å²) in [5, 5.41) is 14.9. The fraction of sp³-hybridized carbons (Fsp3) is 0.321. The first-order chi connectivity index (χ1) is 17.9. The summed E-state index contributed by atoms with van der Waals surface area (Å²) >= 11 is 1.34. The Morgan fingerprint density at radius 1 is 1.00 bits per heavy atom. The molecule has 0 aromatic heterocycles. The summed E-state index contributed by atoms with van der Waals surface area (Å²) < 4.78 is 28.4. The van der Waals surface area contributed by atoms with Gasteiger partial charge in [-0.15, -0.1) is 11.8 Å². The number of amides is 1. The molecule has 0 saturated carbocycles. The molecule has 37 heavy (non-hydrogen) atoms. The molecule has 3 unspecified atom stereocenters. The summed E-state index contributed by atoms with van der Waals surface area (Å²) in [6, 6.07) is 25.9. The largest absolute Gasteiger partial charge is 0.392 e. The first-order valence-corrected chi connectivity index (χ1v) is 14.9. The molecular formula is C28H33N3O4S2. The second-order valence-corrected chi connectivity index (χ2v) is 12.1. The summed E-state index contributed by atoms with van der Waals surface area (Å²) in [4.78, 5) is 13.6. The first-order valence-electron chi connectivity index (χ1n) is 12.4. The van der Waals surface area contributed by atoms with Gasteiger partial charge in [0.05, 0.1) is 17.0 Å². The number of thioether (sulfide) groups is 1. The quantitative estimate of drug-likeness (QED) is 0.322. The van der Waals surface area contributed by atoms with Crippen LogP contribution in [0.5, 0.6) is 0 Å². The van der Waals surface area contributed by atoms with Gasteiger partial charge in [-0.1, -0.05) is 72.8 Å². The number of hydrogen-bond donors (Lipinski definition) is 3. The molecule has 1 saturated heterocycles. The molecular weight excluding hydrogens is 506 g/mol. The molecule has 0 radical (unpaired) electrons. The third-order valence-corrected chi connectivity index (χ3v) is 9.42. The average Bonchev–Trinajstić information content (AvgIpc) is 3.43. The van der Waals surface area contributed by atoms with Crippen molar-refractivity contribution in [3.05, 3.63) is 90.5 Å². The molecule has 0 aliphatic carbocycles. The van der Waals surface area contributed by atoms with Crippen molar-refractivity contribution >= 4 is 27.7 Å². The van der Waals surface area contributed by atoms with Gasteiger partial charge >= 0.3 is 0 Å². The van der Waals surface area contributed by atoms with E-state index >= 15 is 0 Å². The normalized spacial score (nSPS) is 17.8. The Hall–Kier alpha value is -2.69. The van der Waals surface area contributed by atoms with Crippen LogP contribution in [0.25, 0.3) is 11.1 Å². The van der Waals surface area contributed by atoms with E-state index < -0.39 is 21.5 Å². The van der Waals surface area contributed by atoms with Gasteiger partial charge in [0.25, 0.3) is 0 Å². The summed E-state index contributed by atoms with van der Waals surface area (Å²) in [7, 11) is -3.85. The number of aliphatic hydroxyl groups is 1. The summed E-state index contributed by atoms with van der Waals surface area (Å²) in [5.74, 6) is 0.224. The van der Waals surface area contributed by atoms with Crippen molar-refractivity contribution in [1.29, 1.82) is 0 Å². The van der Waals surface area contributed by atoms with Crippen molar-refractivity contribution in [2.45, 2.75) is 35.8 Å². The molecule has 3 atom stereocenters. The monoisotopic (exact) mass is 539 g/mol. The number of rotatable bonds is 11. The first kappa shape index (κ1) is 27.3. The van der Waals surface area contributed by atoms with Gasteiger partial charge < -0.3 is 15.7 Å². The van der Waals surface area contributed by atoms with Crippen LogP contribution in [-0.4, -0.2) is 60.6 Å². The molecule has 7 nitrogen and oxygen atoms in total. The number of benzene rings is 3. The van der Waals surface area contributed by atoms with Gasteiger partial charge in [-0.25, -0.2) is 8.42 Å². The lowest BCUT2D eigenvalue weighted by atomic mass is 10.0. The average molecular weight is 540 g/mol. The number of hydrogen-bond acceptors (Lipinski definition) is 6. The minimum absolute atomic E-state index is 0.175. The zero-order valence-corrected chi connectivity index (χ0v) is 22.4. The molecule has 1 heterocycles. The topological polar surface area (TPSA) is 98.7 Å². The van der Waals surface area contributed by atoms with Crippen LogP contribution >= 0.6 is 11.8 Å². The van der Waals surface area contributed by atoms with Crippen LogP contribution in [0.1, 0.15) is 24.9 Å². The van der Waals surface area contributed by atoms with Crippen LogP contribution in [-0.2, 0) is 14.8 Å². The second kappa shape index (κ2) is 12.7. The number of nitrogens with one attached hydrogen (secondary N) is 2. The molecule has 1 amide bonds. The van der Waals surface area contributed by atoms with Gasteiger partial charge in [-0.05, 0) is 48.7 Å². The van der Waals surface area contributed by atoms with Crippen molar-refractivity contribution < 1.29 is 18.3 Å². The fourth-order valence-corrected chi connectivity index (χ4v) is 7.39. The SMILES string of the molecule is CC(O)CNCCC(NC(=O)C1SCCN1S(=O)(=O)c1ccc(-c2ccccc2)cc1)c1ccccc1. The van der Waals surface area contributed by atoms with Gasteiger partial charge in [0.2, 0.25) is 15.9 Å². The molecule has 1 aliphatic rings. The zero-order valence-electron chi connectivity index (χ0n) is 20.8. The van der Waals surface area contributed by atoms with E-state index in [1.54, 1.807) is 31.2 Å². The summed E-state index contributed by atoms with van der Waals surface area (Å²) in [6.07, 6.45) is 0.147. The van der Waals surface area contributed by atoms with E-state index in [1.807, 2.05) is 60.7 Å². The van der Waals surface area contributed by atoms with Crippen molar-refractivity contribution in [3.63, 3.8) is 0 Å². The van der Waals surface area contributed by atoms with Gasteiger partial charge in [0.1, 0.15) is 5.37 Å². The van der Waals surface area contributed by atoms with Crippen molar-refractivity contribution in [2.75, 3.05) is 25.4 Å². The van der Waals surface area contributed by atoms with Crippen molar-refractivity contribution in [1.82, 2.24) is 14.9 Å². The van der Waals surface area contributed by atoms with E-state index in [0.29, 0.717) is 25.3 Å². The number of carbonyl (C=O) groups excluding carboxylic acids is 1. The highest BCUT2D eigenvalue weighted by Crippen LogP contribution is 2.32. The van der Waals surface area contributed by atoms with Gasteiger partial charge in [0.15, 0.2) is 0 Å². The predicted molar refractivity (Wildman–Crippen MR) is 149 cm³/mol. The van der Waals surface area contributed by atoms with Crippen LogP contribution in [0, 0.1) is 0 Å². The van der Waals surface area contributed by atoms with Crippen molar-refractivity contribution in [3.8, 4) is 11.1 Å². The minimum atomic E-state index is -3.85. The standard InChI is InChI=1S/C28H33N3O4S2/c1-21(32)20-29-17-16-26(24-10-6-3-7-11-24)30-27(33)28-31(18-19-36-28)37(34,35)25-14-12-23(13-15-25)22-8-4-2-5-9-22/h2-15,21,26,28-29,32H,16-20H2,1H3,(H,30,33). The third kappa shape index (κ3) is 7.00. The van der Waals surface area contributed by atoms with E-state index in [4.69, 9.17) is 0 Å². The van der Waals surface area contributed by atoms with E-state index in [1.165, 1.54) is 16.1 Å². The fourth-order valence-electron chi connectivity index (χ4n) is 4.30. The predicted octanol–water partition coefficient (Wildman–Crippen LogP) is 3.64. The molecule has 4 rings (SSSR count). The Balaban J connectivity index is 1.48. The van der Waals surface area contributed by atoms with Crippen molar-refractivity contribution in [2.24, 2.45) is 0 Å². The van der Waals surface area contributed by atoms with Gasteiger partial charge in [-0.2, -0.15) is 4.31 Å². The zero-order chi connectivity index (χ0) is 26.3. The van der Waals surface area contributed by atoms with Crippen LogP contribution in [0.3, 0.4) is 0 Å². The summed E-state index contributed by atoms with van der Waals surface area (Å²) in [6.45, 7) is 3.05. The Kier molecular flexibility index (Phi) is 9.39. The minimum Gasteiger partial charge on any atom is -0.392 e. The van der Waals surface area contributed by atoms with E-state index in [0.717, 1.165) is 16.7 Å². The Labute approximate surface area is 223 Å². The highest BCUT2D eigenvalue weighted by molar-refractivity contribution is 8.02.